The van der Waals surface area contributed by atoms with Gasteiger partial charge in [0.05, 0.1) is 6.10 Å². The Morgan fingerprint density at radius 1 is 1.27 bits per heavy atom. The highest BCUT2D eigenvalue weighted by atomic mass is 19.1. The molecule has 6 heteroatoms. The molecule has 3 N–H and O–H groups in total. The molecule has 116 valence electrons. The fraction of sp³-hybridized carbons (Fsp3) is 0.188. The quantitative estimate of drug-likeness (QED) is 0.812. The Bertz CT molecular complexity index is 681. The zero-order valence-electron chi connectivity index (χ0n) is 11.8. The summed E-state index contributed by atoms with van der Waals surface area (Å²) in [5.41, 5.74) is 0.895. The number of rotatable bonds is 4. The van der Waals surface area contributed by atoms with E-state index in [4.69, 9.17) is 0 Å². The van der Waals surface area contributed by atoms with E-state index in [-0.39, 0.29) is 6.54 Å². The first-order valence-corrected chi connectivity index (χ1v) is 6.59. The Labute approximate surface area is 126 Å². The number of amides is 1. The molecule has 1 unspecified atom stereocenters. The minimum Gasteiger partial charge on any atom is -0.507 e. The number of nitrogens with one attached hydrogen (secondary N) is 1. The first-order chi connectivity index (χ1) is 10.4. The van der Waals surface area contributed by atoms with Gasteiger partial charge in [-0.05, 0) is 12.5 Å². The molecule has 0 heterocycles. The van der Waals surface area contributed by atoms with Gasteiger partial charge in [-0.25, -0.2) is 8.78 Å². The molecule has 0 aliphatic carbocycles. The molecule has 1 amide bonds. The van der Waals surface area contributed by atoms with Crippen LogP contribution in [0.2, 0.25) is 0 Å². The van der Waals surface area contributed by atoms with E-state index in [1.165, 1.54) is 0 Å². The largest absolute Gasteiger partial charge is 0.507 e. The molecule has 0 aromatic heterocycles. The Kier molecular flexibility index (Phi) is 4.72. The van der Waals surface area contributed by atoms with Crippen LogP contribution in [0.15, 0.2) is 36.4 Å². The average Bonchev–Trinajstić information content (AvgIpc) is 2.43. The van der Waals surface area contributed by atoms with Crippen LogP contribution in [-0.2, 0) is 0 Å². The molecule has 2 aromatic rings. The van der Waals surface area contributed by atoms with E-state index < -0.39 is 35.0 Å². The molecule has 1 atom stereocenters. The topological polar surface area (TPSA) is 69.6 Å². The second-order valence-electron chi connectivity index (χ2n) is 4.92. The Morgan fingerprint density at radius 3 is 2.64 bits per heavy atom. The predicted molar refractivity (Wildman–Crippen MR) is 76.5 cm³/mol. The van der Waals surface area contributed by atoms with Gasteiger partial charge in [0.15, 0.2) is 0 Å². The summed E-state index contributed by atoms with van der Waals surface area (Å²) in [5, 5.41) is 21.8. The van der Waals surface area contributed by atoms with Crippen LogP contribution in [0.4, 0.5) is 8.78 Å². The molecule has 2 rings (SSSR count). The molecule has 2 aromatic carbocycles. The van der Waals surface area contributed by atoms with E-state index in [0.717, 1.165) is 5.56 Å². The third-order valence-corrected chi connectivity index (χ3v) is 3.14. The normalized spacial score (nSPS) is 12.0. The van der Waals surface area contributed by atoms with Crippen LogP contribution in [0.25, 0.3) is 0 Å². The van der Waals surface area contributed by atoms with Crippen molar-refractivity contribution in [3.05, 3.63) is 64.7 Å². The number of aliphatic hydroxyl groups is 1. The maximum atomic E-state index is 13.5. The summed E-state index contributed by atoms with van der Waals surface area (Å²) >= 11 is 0. The second kappa shape index (κ2) is 6.53. The van der Waals surface area contributed by atoms with Gasteiger partial charge >= 0.3 is 0 Å². The number of benzene rings is 2. The zero-order chi connectivity index (χ0) is 16.3. The molecular formula is C16H15F2NO3. The van der Waals surface area contributed by atoms with Crippen molar-refractivity contribution in [2.24, 2.45) is 0 Å². The number of aromatic hydroxyl groups is 1. The van der Waals surface area contributed by atoms with E-state index in [1.54, 1.807) is 18.2 Å². The fourth-order valence-electron chi connectivity index (χ4n) is 2.06. The van der Waals surface area contributed by atoms with Crippen LogP contribution in [-0.4, -0.2) is 22.7 Å². The van der Waals surface area contributed by atoms with Crippen LogP contribution in [0, 0.1) is 18.6 Å². The lowest BCUT2D eigenvalue weighted by molar-refractivity contribution is 0.0909. The van der Waals surface area contributed by atoms with Gasteiger partial charge in [0.25, 0.3) is 5.91 Å². The van der Waals surface area contributed by atoms with E-state index >= 15 is 0 Å². The van der Waals surface area contributed by atoms with E-state index in [1.807, 2.05) is 13.0 Å². The summed E-state index contributed by atoms with van der Waals surface area (Å²) < 4.78 is 26.4. The van der Waals surface area contributed by atoms with E-state index in [9.17, 15) is 23.8 Å². The van der Waals surface area contributed by atoms with E-state index in [2.05, 4.69) is 5.32 Å². The number of carbonyl (C=O) groups is 1. The summed E-state index contributed by atoms with van der Waals surface area (Å²) in [6.07, 6.45) is -0.977. The number of hydrogen-bond donors (Lipinski definition) is 3. The number of aryl methyl sites for hydroxylation is 1. The molecule has 22 heavy (non-hydrogen) atoms. The average molecular weight is 307 g/mol. The summed E-state index contributed by atoms with van der Waals surface area (Å²) in [6, 6.07) is 8.23. The zero-order valence-corrected chi connectivity index (χ0v) is 11.8. The number of aliphatic hydroxyl groups excluding tert-OH is 1. The highest BCUT2D eigenvalue weighted by Crippen LogP contribution is 2.22. The van der Waals surface area contributed by atoms with Gasteiger partial charge in [0.1, 0.15) is 22.9 Å². The van der Waals surface area contributed by atoms with Gasteiger partial charge in [-0.3, -0.25) is 4.79 Å². The predicted octanol–water partition coefficient (Wildman–Crippen LogP) is 2.44. The fourth-order valence-corrected chi connectivity index (χ4v) is 2.06. The van der Waals surface area contributed by atoms with Gasteiger partial charge in [0, 0.05) is 18.7 Å². The lowest BCUT2D eigenvalue weighted by atomic mass is 10.1. The SMILES string of the molecule is Cc1cccc(C(O)CNC(=O)c2c(O)cc(F)cc2F)c1. The molecule has 0 aliphatic heterocycles. The summed E-state index contributed by atoms with van der Waals surface area (Å²) in [6.45, 7) is 1.69. The van der Waals surface area contributed by atoms with Crippen molar-refractivity contribution in [2.75, 3.05) is 6.54 Å². The van der Waals surface area contributed by atoms with Crippen LogP contribution >= 0.6 is 0 Å². The molecule has 0 fully saturated rings. The monoisotopic (exact) mass is 307 g/mol. The number of carbonyl (C=O) groups excluding carboxylic acids is 1. The van der Waals surface area contributed by atoms with E-state index in [0.29, 0.717) is 17.7 Å². The second-order valence-corrected chi connectivity index (χ2v) is 4.92. The molecule has 0 bridgehead atoms. The number of halogens is 2. The summed E-state index contributed by atoms with van der Waals surface area (Å²) in [7, 11) is 0. The van der Waals surface area contributed by atoms with Gasteiger partial charge in [-0.2, -0.15) is 0 Å². The summed E-state index contributed by atoms with van der Waals surface area (Å²) in [5.74, 6) is -3.87. The van der Waals surface area contributed by atoms with Gasteiger partial charge < -0.3 is 15.5 Å². The van der Waals surface area contributed by atoms with Gasteiger partial charge in [-0.1, -0.05) is 29.8 Å². The molecule has 4 nitrogen and oxygen atoms in total. The standard InChI is InChI=1S/C16H15F2NO3/c1-9-3-2-4-10(5-9)14(21)8-19-16(22)15-12(18)6-11(17)7-13(15)20/h2-7,14,20-21H,8H2,1H3,(H,19,22). The molecule has 0 aliphatic rings. The number of hydrogen-bond acceptors (Lipinski definition) is 3. The lowest BCUT2D eigenvalue weighted by Crippen LogP contribution is -2.29. The van der Waals surface area contributed by atoms with Crippen molar-refractivity contribution in [1.82, 2.24) is 5.32 Å². The molecule has 0 saturated heterocycles. The van der Waals surface area contributed by atoms with Crippen LogP contribution < -0.4 is 5.32 Å². The highest BCUT2D eigenvalue weighted by molar-refractivity contribution is 5.97. The van der Waals surface area contributed by atoms with Crippen molar-refractivity contribution >= 4 is 5.91 Å². The van der Waals surface area contributed by atoms with Crippen molar-refractivity contribution < 1.29 is 23.8 Å². The van der Waals surface area contributed by atoms with Crippen molar-refractivity contribution in [1.29, 1.82) is 0 Å². The number of phenolic OH excluding ortho intramolecular Hbond substituents is 1. The van der Waals surface area contributed by atoms with Gasteiger partial charge in [0.2, 0.25) is 0 Å². The minimum absolute atomic E-state index is 0.168. The maximum Gasteiger partial charge on any atom is 0.258 e. The lowest BCUT2D eigenvalue weighted by Gasteiger charge is -2.13. The van der Waals surface area contributed by atoms with Crippen LogP contribution in [0.5, 0.6) is 5.75 Å². The molecular weight excluding hydrogens is 292 g/mol. The molecule has 0 saturated carbocycles. The van der Waals surface area contributed by atoms with Crippen LogP contribution in [0.1, 0.15) is 27.6 Å². The first kappa shape index (κ1) is 15.9. The molecule has 0 radical (unpaired) electrons. The Balaban J connectivity index is 2.07. The van der Waals surface area contributed by atoms with Crippen molar-refractivity contribution in [3.8, 4) is 5.75 Å². The van der Waals surface area contributed by atoms with Crippen molar-refractivity contribution in [3.63, 3.8) is 0 Å². The van der Waals surface area contributed by atoms with Crippen molar-refractivity contribution in [2.45, 2.75) is 13.0 Å². The van der Waals surface area contributed by atoms with Gasteiger partial charge in [-0.15, -0.1) is 0 Å². The first-order valence-electron chi connectivity index (χ1n) is 6.59. The third-order valence-electron chi connectivity index (χ3n) is 3.14. The Morgan fingerprint density at radius 2 is 2.00 bits per heavy atom. The third kappa shape index (κ3) is 3.59. The van der Waals surface area contributed by atoms with Crippen LogP contribution in [0.3, 0.4) is 0 Å². The highest BCUT2D eigenvalue weighted by Gasteiger charge is 2.19. The number of phenols is 1. The smallest absolute Gasteiger partial charge is 0.258 e. The molecule has 0 spiro atoms. The maximum absolute atomic E-state index is 13.5. The Hall–Kier alpha value is -2.47. The summed E-state index contributed by atoms with van der Waals surface area (Å²) in [4.78, 5) is 11.9. The minimum atomic E-state index is -1.17.